The Morgan fingerprint density at radius 1 is 0.929 bits per heavy atom. The number of carbonyl (C=O) groups is 1. The summed E-state index contributed by atoms with van der Waals surface area (Å²) in [6.07, 6.45) is 0.675. The van der Waals surface area contributed by atoms with Gasteiger partial charge < -0.3 is 15.2 Å². The van der Waals surface area contributed by atoms with Crippen molar-refractivity contribution in [1.29, 1.82) is 0 Å². The summed E-state index contributed by atoms with van der Waals surface area (Å²) in [7, 11) is 0. The zero-order chi connectivity index (χ0) is 19.2. The number of nitrogens with one attached hydrogen (secondary N) is 2. The summed E-state index contributed by atoms with van der Waals surface area (Å²) in [5.41, 5.74) is 2.71. The lowest BCUT2D eigenvalue weighted by atomic mass is 10.2. The molecule has 2 N–H and O–H groups in total. The molecule has 0 spiro atoms. The highest BCUT2D eigenvalue weighted by Gasteiger charge is 2.11. The maximum Gasteiger partial charge on any atom is 0.227 e. The summed E-state index contributed by atoms with van der Waals surface area (Å²) in [6.45, 7) is 0. The second-order valence-electron chi connectivity index (χ2n) is 6.11. The SMILES string of the molecule is O=C(CCc1nc(-c2cccs2)no1)Nc1ccc(Nc2ccccc2)cc1. The number of carbonyl (C=O) groups excluding carboxylic acids is 1. The predicted molar refractivity (Wildman–Crippen MR) is 111 cm³/mol. The normalized spacial score (nSPS) is 10.6. The number of amides is 1. The molecule has 0 atom stereocenters. The summed E-state index contributed by atoms with van der Waals surface area (Å²) >= 11 is 1.55. The molecule has 0 radical (unpaired) electrons. The Kier molecular flexibility index (Phi) is 5.44. The topological polar surface area (TPSA) is 80.0 Å². The van der Waals surface area contributed by atoms with Gasteiger partial charge in [-0.25, -0.2) is 0 Å². The number of benzene rings is 2. The van der Waals surface area contributed by atoms with Gasteiger partial charge >= 0.3 is 0 Å². The monoisotopic (exact) mass is 390 g/mol. The van der Waals surface area contributed by atoms with Crippen LogP contribution in [0.3, 0.4) is 0 Å². The van der Waals surface area contributed by atoms with Gasteiger partial charge in [0, 0.05) is 29.9 Å². The Hall–Kier alpha value is -3.45. The smallest absolute Gasteiger partial charge is 0.227 e. The van der Waals surface area contributed by atoms with Crippen molar-refractivity contribution >= 4 is 34.3 Å². The first-order valence-corrected chi connectivity index (χ1v) is 9.73. The van der Waals surface area contributed by atoms with Gasteiger partial charge in [-0.2, -0.15) is 4.98 Å². The van der Waals surface area contributed by atoms with Crippen LogP contribution in [-0.2, 0) is 11.2 Å². The van der Waals surface area contributed by atoms with E-state index in [1.54, 1.807) is 11.3 Å². The van der Waals surface area contributed by atoms with Crippen LogP contribution >= 0.6 is 11.3 Å². The molecule has 0 bridgehead atoms. The zero-order valence-electron chi connectivity index (χ0n) is 15.0. The second kappa shape index (κ2) is 8.49. The van der Waals surface area contributed by atoms with E-state index in [4.69, 9.17) is 4.52 Å². The maximum atomic E-state index is 12.2. The lowest BCUT2D eigenvalue weighted by Gasteiger charge is -2.08. The van der Waals surface area contributed by atoms with Crippen molar-refractivity contribution in [2.75, 3.05) is 10.6 Å². The summed E-state index contributed by atoms with van der Waals surface area (Å²) < 4.78 is 5.22. The van der Waals surface area contributed by atoms with Crippen LogP contribution in [0.5, 0.6) is 0 Å². The van der Waals surface area contributed by atoms with Gasteiger partial charge in [-0.3, -0.25) is 4.79 Å². The molecule has 4 rings (SSSR count). The first-order valence-electron chi connectivity index (χ1n) is 8.85. The third-order valence-electron chi connectivity index (χ3n) is 4.01. The van der Waals surface area contributed by atoms with Crippen molar-refractivity contribution in [3.05, 3.63) is 78.0 Å². The molecule has 0 aliphatic carbocycles. The van der Waals surface area contributed by atoms with Crippen LogP contribution in [-0.4, -0.2) is 16.0 Å². The highest BCUT2D eigenvalue weighted by molar-refractivity contribution is 7.13. The predicted octanol–water partition coefficient (Wildman–Crippen LogP) is 5.11. The Labute approximate surface area is 166 Å². The molecule has 28 heavy (non-hydrogen) atoms. The van der Waals surface area contributed by atoms with Gasteiger partial charge in [0.15, 0.2) is 0 Å². The quantitative estimate of drug-likeness (QED) is 0.458. The molecule has 1 amide bonds. The second-order valence-corrected chi connectivity index (χ2v) is 7.05. The van der Waals surface area contributed by atoms with E-state index in [2.05, 4.69) is 20.8 Å². The van der Waals surface area contributed by atoms with Gasteiger partial charge in [0.2, 0.25) is 17.6 Å². The number of aromatic nitrogens is 2. The van der Waals surface area contributed by atoms with Crippen LogP contribution in [0.2, 0.25) is 0 Å². The molecule has 6 nitrogen and oxygen atoms in total. The van der Waals surface area contributed by atoms with E-state index < -0.39 is 0 Å². The average Bonchev–Trinajstić information content (AvgIpc) is 3.41. The lowest BCUT2D eigenvalue weighted by molar-refractivity contribution is -0.116. The van der Waals surface area contributed by atoms with Gasteiger partial charge in [-0.05, 0) is 47.8 Å². The minimum Gasteiger partial charge on any atom is -0.356 e. The van der Waals surface area contributed by atoms with Crippen LogP contribution in [0.4, 0.5) is 17.1 Å². The minimum atomic E-state index is -0.0976. The molecule has 140 valence electrons. The number of para-hydroxylation sites is 1. The Bertz CT molecular complexity index is 1030. The van der Waals surface area contributed by atoms with Crippen molar-refractivity contribution in [2.24, 2.45) is 0 Å². The maximum absolute atomic E-state index is 12.2. The summed E-state index contributed by atoms with van der Waals surface area (Å²) in [4.78, 5) is 17.5. The fraction of sp³-hybridized carbons (Fsp3) is 0.0952. The molecule has 7 heteroatoms. The average molecular weight is 390 g/mol. The van der Waals surface area contributed by atoms with Gasteiger partial charge in [-0.1, -0.05) is 29.4 Å². The fourth-order valence-electron chi connectivity index (χ4n) is 2.63. The molecule has 0 saturated heterocycles. The zero-order valence-corrected chi connectivity index (χ0v) is 15.8. The van der Waals surface area contributed by atoms with Gasteiger partial charge in [-0.15, -0.1) is 11.3 Å². The van der Waals surface area contributed by atoms with Crippen molar-refractivity contribution in [3.8, 4) is 10.7 Å². The molecular formula is C21H18N4O2S. The van der Waals surface area contributed by atoms with Crippen molar-refractivity contribution in [3.63, 3.8) is 0 Å². The first-order chi connectivity index (χ1) is 13.8. The van der Waals surface area contributed by atoms with E-state index in [9.17, 15) is 4.79 Å². The molecule has 2 aromatic carbocycles. The van der Waals surface area contributed by atoms with Crippen molar-refractivity contribution in [1.82, 2.24) is 10.1 Å². The van der Waals surface area contributed by atoms with Gasteiger partial charge in [0.1, 0.15) is 0 Å². The Morgan fingerprint density at radius 3 is 2.43 bits per heavy atom. The van der Waals surface area contributed by atoms with E-state index in [1.165, 1.54) is 0 Å². The van der Waals surface area contributed by atoms with Crippen LogP contribution in [0, 0.1) is 0 Å². The third-order valence-corrected chi connectivity index (χ3v) is 4.87. The van der Waals surface area contributed by atoms with E-state index >= 15 is 0 Å². The fourth-order valence-corrected chi connectivity index (χ4v) is 3.28. The minimum absolute atomic E-state index is 0.0976. The highest BCUT2D eigenvalue weighted by atomic mass is 32.1. The molecule has 2 aromatic heterocycles. The Morgan fingerprint density at radius 2 is 1.68 bits per heavy atom. The summed E-state index contributed by atoms with van der Waals surface area (Å²) in [5, 5.41) is 12.1. The van der Waals surface area contributed by atoms with Gasteiger partial charge in [0.25, 0.3) is 0 Å². The Balaban J connectivity index is 1.28. The van der Waals surface area contributed by atoms with Gasteiger partial charge in [0.05, 0.1) is 4.88 Å². The molecule has 0 aliphatic heterocycles. The third kappa shape index (κ3) is 4.63. The molecule has 0 unspecified atom stereocenters. The standard InChI is InChI=1S/C21H18N4O2S/c26-19(12-13-20-24-21(25-27-20)18-7-4-14-28-18)23-17-10-8-16(9-11-17)22-15-5-2-1-3-6-15/h1-11,14,22H,12-13H2,(H,23,26). The molecule has 2 heterocycles. The number of hydrogen-bond donors (Lipinski definition) is 2. The van der Waals surface area contributed by atoms with Crippen molar-refractivity contribution in [2.45, 2.75) is 12.8 Å². The van der Waals surface area contributed by atoms with Crippen LogP contribution in [0.25, 0.3) is 10.7 Å². The summed E-state index contributed by atoms with van der Waals surface area (Å²) in [6, 6.07) is 21.4. The molecule has 0 aliphatic rings. The van der Waals surface area contributed by atoms with Crippen LogP contribution < -0.4 is 10.6 Å². The molecule has 0 fully saturated rings. The van der Waals surface area contributed by atoms with Crippen molar-refractivity contribution < 1.29 is 9.32 Å². The van der Waals surface area contributed by atoms with Crippen LogP contribution in [0.1, 0.15) is 12.3 Å². The van der Waals surface area contributed by atoms with E-state index in [1.807, 2.05) is 72.1 Å². The van der Waals surface area contributed by atoms with E-state index in [-0.39, 0.29) is 12.3 Å². The number of aryl methyl sites for hydroxylation is 1. The van der Waals surface area contributed by atoms with E-state index in [0.29, 0.717) is 18.1 Å². The van der Waals surface area contributed by atoms with Crippen LogP contribution in [0.15, 0.2) is 76.6 Å². The number of anilines is 3. The highest BCUT2D eigenvalue weighted by Crippen LogP contribution is 2.22. The largest absolute Gasteiger partial charge is 0.356 e. The first kappa shape index (κ1) is 17.9. The summed E-state index contributed by atoms with van der Waals surface area (Å²) in [5.74, 6) is 0.924. The van der Waals surface area contributed by atoms with E-state index in [0.717, 1.165) is 21.9 Å². The number of nitrogens with zero attached hydrogens (tertiary/aromatic N) is 2. The molecular weight excluding hydrogens is 372 g/mol. The number of thiophene rings is 1. The number of rotatable bonds is 7. The number of hydrogen-bond acceptors (Lipinski definition) is 6. The lowest BCUT2D eigenvalue weighted by Crippen LogP contribution is -2.12. The molecule has 0 saturated carbocycles. The molecule has 4 aromatic rings.